The SMILES string of the molecule is COC(=O)c1ccc(C(CC[C@@H]2CN(C(=O)C(F)(F)F)C(C)(C)C2)Cc2cccc(S(N)(=O)=O)n2)cc1.COC(=O)c1ccc(C(N)CC[C@@H]2CN(C(=O)C(F)(F)F)C(C)(C)C2)cc1.NS(=O)(=O)c1cccc(F)n1. The number of methoxy groups -OCH3 is 2. The molecule has 0 saturated carbocycles. The first kappa shape index (κ1) is 61.5. The predicted molar refractivity (Wildman–Crippen MR) is 258 cm³/mol. The largest absolute Gasteiger partial charge is 0.471 e. The molecule has 4 heterocycles. The summed E-state index contributed by atoms with van der Waals surface area (Å²) in [6.07, 6.45) is -6.28. The molecule has 2 unspecified atom stereocenters. The van der Waals surface area contributed by atoms with Crippen LogP contribution in [0, 0.1) is 17.8 Å². The van der Waals surface area contributed by atoms with E-state index in [0.717, 1.165) is 33.1 Å². The molecule has 2 aliphatic heterocycles. The van der Waals surface area contributed by atoms with Gasteiger partial charge in [0.15, 0.2) is 10.1 Å². The molecule has 2 aromatic heterocycles. The van der Waals surface area contributed by atoms with Crippen molar-refractivity contribution in [1.82, 2.24) is 19.8 Å². The minimum absolute atomic E-state index is 0.00149. The monoisotopic (exact) mass is 1100 g/mol. The number of amides is 2. The average Bonchev–Trinajstić information content (AvgIpc) is 3.82. The Kier molecular flexibility index (Phi) is 20.3. The third kappa shape index (κ3) is 17.5. The van der Waals surface area contributed by atoms with Crippen LogP contribution in [0.3, 0.4) is 0 Å². The van der Waals surface area contributed by atoms with Gasteiger partial charge in [0.25, 0.3) is 20.0 Å². The van der Waals surface area contributed by atoms with Gasteiger partial charge < -0.3 is 25.0 Å². The topological polar surface area (TPSA) is 265 Å². The summed E-state index contributed by atoms with van der Waals surface area (Å²) in [6, 6.07) is 21.1. The molecule has 4 aromatic rings. The van der Waals surface area contributed by atoms with E-state index in [1.54, 1.807) is 88.4 Å². The number of hydrogen-bond donors (Lipinski definition) is 3. The van der Waals surface area contributed by atoms with Crippen LogP contribution >= 0.6 is 0 Å². The van der Waals surface area contributed by atoms with Gasteiger partial charge in [0.1, 0.15) is 0 Å². The fourth-order valence-electron chi connectivity index (χ4n) is 9.11. The van der Waals surface area contributed by atoms with E-state index in [4.69, 9.17) is 15.6 Å². The molecule has 4 atom stereocenters. The molecule has 0 radical (unpaired) electrons. The third-order valence-corrected chi connectivity index (χ3v) is 14.4. The second-order valence-electron chi connectivity index (χ2n) is 19.3. The smallest absolute Gasteiger partial charge is 0.465 e. The van der Waals surface area contributed by atoms with Crippen molar-refractivity contribution < 1.29 is 76.2 Å². The van der Waals surface area contributed by atoms with Crippen LogP contribution in [0.15, 0.2) is 95.0 Å². The van der Waals surface area contributed by atoms with E-state index >= 15 is 0 Å². The van der Waals surface area contributed by atoms with Crippen molar-refractivity contribution in [2.75, 3.05) is 27.3 Å². The van der Waals surface area contributed by atoms with E-state index in [-0.39, 0.29) is 41.9 Å². The summed E-state index contributed by atoms with van der Waals surface area (Å²) in [7, 11) is -5.30. The molecule has 2 saturated heterocycles. The second kappa shape index (κ2) is 24.7. The third-order valence-electron chi connectivity index (χ3n) is 12.8. The maximum atomic E-state index is 13.1. The first-order valence-electron chi connectivity index (χ1n) is 23.1. The summed E-state index contributed by atoms with van der Waals surface area (Å²) in [5, 5.41) is 9.16. The number of pyridine rings is 2. The summed E-state index contributed by atoms with van der Waals surface area (Å²) in [5.74, 6) is -5.78. The lowest BCUT2D eigenvalue weighted by Gasteiger charge is -2.31. The molecule has 2 aliphatic rings. The normalized spacial score (nSPS) is 18.1. The number of nitrogens with zero attached hydrogens (tertiary/aromatic N) is 4. The summed E-state index contributed by atoms with van der Waals surface area (Å²) in [4.78, 5) is 55.9. The van der Waals surface area contributed by atoms with E-state index in [9.17, 15) is 66.7 Å². The number of halogens is 7. The molecule has 2 aromatic carbocycles. The Morgan fingerprint density at radius 1 is 0.640 bits per heavy atom. The van der Waals surface area contributed by atoms with Crippen LogP contribution < -0.4 is 16.0 Å². The molecule has 2 amide bonds. The van der Waals surface area contributed by atoms with E-state index < -0.39 is 78.2 Å². The van der Waals surface area contributed by atoms with Crippen LogP contribution in [-0.4, -0.2) is 111 Å². The Morgan fingerprint density at radius 3 is 1.43 bits per heavy atom. The Labute approximate surface area is 430 Å². The van der Waals surface area contributed by atoms with Gasteiger partial charge in [-0.3, -0.25) is 9.59 Å². The lowest BCUT2D eigenvalue weighted by atomic mass is 9.85. The first-order valence-corrected chi connectivity index (χ1v) is 26.2. The van der Waals surface area contributed by atoms with Gasteiger partial charge in [-0.2, -0.15) is 30.7 Å². The number of rotatable bonds is 14. The van der Waals surface area contributed by atoms with E-state index in [1.165, 1.54) is 26.4 Å². The zero-order valence-corrected chi connectivity index (χ0v) is 43.5. The Bertz CT molecular complexity index is 2870. The van der Waals surface area contributed by atoms with Crippen LogP contribution in [0.2, 0.25) is 0 Å². The van der Waals surface area contributed by atoms with Crippen molar-refractivity contribution in [3.8, 4) is 0 Å². The number of alkyl halides is 6. The minimum Gasteiger partial charge on any atom is -0.465 e. The maximum absolute atomic E-state index is 13.1. The summed E-state index contributed by atoms with van der Waals surface area (Å²) in [6.45, 7) is 6.65. The van der Waals surface area contributed by atoms with Gasteiger partial charge in [-0.05, 0) is 150 Å². The number of carbonyl (C=O) groups excluding carboxylic acids is 4. The van der Waals surface area contributed by atoms with E-state index in [1.807, 2.05) is 0 Å². The highest BCUT2D eigenvalue weighted by molar-refractivity contribution is 7.89. The highest BCUT2D eigenvalue weighted by atomic mass is 32.2. The van der Waals surface area contributed by atoms with Crippen molar-refractivity contribution in [1.29, 1.82) is 0 Å². The Morgan fingerprint density at radius 2 is 1.04 bits per heavy atom. The van der Waals surface area contributed by atoms with Gasteiger partial charge >= 0.3 is 36.1 Å². The molecular formula is C49H60F7N7O10S2. The molecule has 0 aliphatic carbocycles. The first-order chi connectivity index (χ1) is 34.6. The maximum Gasteiger partial charge on any atom is 0.471 e. The lowest BCUT2D eigenvalue weighted by molar-refractivity contribution is -0.188. The molecule has 75 heavy (non-hydrogen) atoms. The molecule has 0 spiro atoms. The highest BCUT2D eigenvalue weighted by Gasteiger charge is 2.52. The van der Waals surface area contributed by atoms with Crippen molar-refractivity contribution in [3.63, 3.8) is 0 Å². The predicted octanol–water partition coefficient (Wildman–Crippen LogP) is 7.12. The molecule has 6 rings (SSSR count). The quantitative estimate of drug-likeness (QED) is 0.0646. The fraction of sp³-hybridized carbons (Fsp3) is 0.469. The number of aromatic nitrogens is 2. The van der Waals surface area contributed by atoms with Crippen molar-refractivity contribution in [2.45, 2.75) is 118 Å². The number of primary sulfonamides is 2. The number of likely N-dealkylation sites (tertiary alicyclic amines) is 2. The van der Waals surface area contributed by atoms with E-state index in [2.05, 4.69) is 19.8 Å². The molecular weight excluding hydrogens is 1040 g/mol. The molecule has 2 fully saturated rings. The number of ether oxygens (including phenoxy) is 2. The zero-order valence-electron chi connectivity index (χ0n) is 41.8. The molecule has 6 N–H and O–H groups in total. The number of carbonyl (C=O) groups is 4. The van der Waals surface area contributed by atoms with Crippen LogP contribution in [-0.2, 0) is 45.5 Å². The summed E-state index contributed by atoms with van der Waals surface area (Å²) >= 11 is 0. The standard InChI is InChI=1S/C25H30F3N3O5S.C19H25F3N2O3.C5H5FN2O2S/c1-24(2)14-16(15-31(24)23(33)25(26,27)28)7-8-19(17-9-11-18(12-10-17)22(32)36-3)13-20-5-4-6-21(30-20)37(29,34)35;1-18(2)10-12(11-24(18)17(26)19(20,21)22)4-9-15(23)13-5-7-14(8-6-13)16(25)27-3;6-4-2-1-3-5(8-4)11(7,9)10/h4-6,9-12,16,19H,7-8,13-15H2,1-3H3,(H2,29,34,35);5-8,12,15H,4,9-11,23H2,1-3H3;1-3H,(H2,7,9,10)/t16-,19?;12-,15?;/m00./s1. The Hall–Kier alpha value is -6.09. The van der Waals surface area contributed by atoms with Gasteiger partial charge in [0, 0.05) is 35.9 Å². The lowest BCUT2D eigenvalue weighted by Crippen LogP contribution is -2.48. The van der Waals surface area contributed by atoms with Gasteiger partial charge in [-0.15, -0.1) is 0 Å². The molecule has 17 nitrogen and oxygen atoms in total. The van der Waals surface area contributed by atoms with E-state index in [0.29, 0.717) is 61.8 Å². The molecule has 0 bridgehead atoms. The van der Waals surface area contributed by atoms with Crippen molar-refractivity contribution in [3.05, 3.63) is 119 Å². The Balaban J connectivity index is 0.000000278. The zero-order chi connectivity index (χ0) is 56.5. The number of nitrogens with two attached hydrogens (primary N) is 3. The fourth-order valence-corrected chi connectivity index (χ4v) is 10.1. The minimum atomic E-state index is -4.93. The second-order valence-corrected chi connectivity index (χ2v) is 22.4. The molecule has 26 heteroatoms. The van der Waals surface area contributed by atoms with Gasteiger partial charge in [0.2, 0.25) is 5.95 Å². The van der Waals surface area contributed by atoms with Gasteiger partial charge in [0.05, 0.1) is 25.3 Å². The van der Waals surface area contributed by atoms with Crippen LogP contribution in [0.1, 0.15) is 116 Å². The van der Waals surface area contributed by atoms with Crippen LogP contribution in [0.25, 0.3) is 0 Å². The summed E-state index contributed by atoms with van der Waals surface area (Å²) in [5.41, 5.74) is 7.37. The summed E-state index contributed by atoms with van der Waals surface area (Å²) < 4.78 is 144. The number of benzene rings is 2. The van der Waals surface area contributed by atoms with Crippen molar-refractivity contribution >= 4 is 43.8 Å². The average molecular weight is 1100 g/mol. The van der Waals surface area contributed by atoms with Crippen LogP contribution in [0.4, 0.5) is 30.7 Å². The van der Waals surface area contributed by atoms with Gasteiger partial charge in [-0.1, -0.05) is 36.4 Å². The molecule has 412 valence electrons. The number of esters is 2. The number of sulfonamides is 2. The van der Waals surface area contributed by atoms with Crippen molar-refractivity contribution in [2.24, 2.45) is 27.8 Å². The number of hydrogen-bond acceptors (Lipinski definition) is 13. The van der Waals surface area contributed by atoms with Crippen LogP contribution in [0.5, 0.6) is 0 Å². The highest BCUT2D eigenvalue weighted by Crippen LogP contribution is 2.41. The van der Waals surface area contributed by atoms with Gasteiger partial charge in [-0.25, -0.2) is 46.7 Å².